The van der Waals surface area contributed by atoms with Crippen LogP contribution in [-0.2, 0) is 6.54 Å². The molecule has 2 rings (SSSR count). The van der Waals surface area contributed by atoms with E-state index in [0.717, 1.165) is 11.1 Å². The number of carbonyl (C=O) groups is 1. The topological polar surface area (TPSA) is 64.3 Å². The predicted molar refractivity (Wildman–Crippen MR) is 84.2 cm³/mol. The first-order valence-corrected chi connectivity index (χ1v) is 7.10. The molecule has 22 heavy (non-hydrogen) atoms. The average molecular weight is 294 g/mol. The zero-order chi connectivity index (χ0) is 15.9. The Labute approximate surface area is 130 Å². The lowest BCUT2D eigenvalue weighted by molar-refractivity contribution is 0.0707. The maximum absolute atomic E-state index is 12.7. The number of hydrogen-bond acceptors (Lipinski definition) is 3. The first-order valence-electron chi connectivity index (χ1n) is 7.10. The summed E-state index contributed by atoms with van der Waals surface area (Å²) >= 11 is 0. The van der Waals surface area contributed by atoms with Crippen LogP contribution < -0.4 is 0 Å². The van der Waals surface area contributed by atoms with Crippen LogP contribution in [0.15, 0.2) is 48.5 Å². The van der Waals surface area contributed by atoms with E-state index < -0.39 is 0 Å². The van der Waals surface area contributed by atoms with Gasteiger partial charge in [0.05, 0.1) is 18.2 Å². The Morgan fingerprint density at radius 3 is 2.55 bits per heavy atom. The SMILES string of the molecule is Cc1cc(C#N)ccc1C(=O)N(CCO)Cc1ccccc1. The molecule has 0 saturated heterocycles. The summed E-state index contributed by atoms with van der Waals surface area (Å²) in [6.07, 6.45) is 0. The number of aryl methyl sites for hydroxylation is 1. The van der Waals surface area contributed by atoms with Crippen molar-refractivity contribution in [3.63, 3.8) is 0 Å². The van der Waals surface area contributed by atoms with E-state index in [9.17, 15) is 9.90 Å². The highest BCUT2D eigenvalue weighted by atomic mass is 16.3. The Morgan fingerprint density at radius 1 is 1.23 bits per heavy atom. The molecule has 0 heterocycles. The maximum Gasteiger partial charge on any atom is 0.254 e. The van der Waals surface area contributed by atoms with Crippen molar-refractivity contribution in [3.8, 4) is 6.07 Å². The van der Waals surface area contributed by atoms with Crippen LogP contribution in [0.1, 0.15) is 27.0 Å². The second-order valence-electron chi connectivity index (χ2n) is 5.08. The molecule has 0 aromatic heterocycles. The van der Waals surface area contributed by atoms with Crippen LogP contribution in [0.25, 0.3) is 0 Å². The lowest BCUT2D eigenvalue weighted by Gasteiger charge is -2.23. The van der Waals surface area contributed by atoms with Crippen molar-refractivity contribution >= 4 is 5.91 Å². The van der Waals surface area contributed by atoms with Crippen molar-refractivity contribution in [1.82, 2.24) is 4.90 Å². The van der Waals surface area contributed by atoms with Gasteiger partial charge < -0.3 is 10.0 Å². The van der Waals surface area contributed by atoms with Crippen LogP contribution in [0.2, 0.25) is 0 Å². The Kier molecular flexibility index (Phi) is 5.29. The number of aliphatic hydroxyl groups excluding tert-OH is 1. The summed E-state index contributed by atoms with van der Waals surface area (Å²) in [5.41, 5.74) is 2.87. The minimum Gasteiger partial charge on any atom is -0.395 e. The molecule has 0 spiro atoms. The van der Waals surface area contributed by atoms with Crippen molar-refractivity contribution in [2.75, 3.05) is 13.2 Å². The van der Waals surface area contributed by atoms with Gasteiger partial charge in [-0.2, -0.15) is 5.26 Å². The van der Waals surface area contributed by atoms with Gasteiger partial charge in [0.25, 0.3) is 5.91 Å². The van der Waals surface area contributed by atoms with E-state index in [1.807, 2.05) is 37.3 Å². The summed E-state index contributed by atoms with van der Waals surface area (Å²) in [5.74, 6) is -0.139. The van der Waals surface area contributed by atoms with Crippen LogP contribution in [-0.4, -0.2) is 29.1 Å². The summed E-state index contributed by atoms with van der Waals surface area (Å²) in [5, 5.41) is 18.1. The molecule has 4 heteroatoms. The monoisotopic (exact) mass is 294 g/mol. The minimum atomic E-state index is -0.139. The second kappa shape index (κ2) is 7.39. The molecule has 0 aliphatic rings. The molecule has 0 atom stereocenters. The van der Waals surface area contributed by atoms with Gasteiger partial charge in [0.1, 0.15) is 0 Å². The minimum absolute atomic E-state index is 0.0894. The van der Waals surface area contributed by atoms with Gasteiger partial charge in [-0.25, -0.2) is 0 Å². The van der Waals surface area contributed by atoms with Gasteiger partial charge in [0, 0.05) is 18.7 Å². The number of carbonyl (C=O) groups excluding carboxylic acids is 1. The highest BCUT2D eigenvalue weighted by Gasteiger charge is 2.17. The number of aliphatic hydroxyl groups is 1. The molecule has 112 valence electrons. The van der Waals surface area contributed by atoms with Crippen LogP contribution >= 0.6 is 0 Å². The van der Waals surface area contributed by atoms with Crippen LogP contribution in [0, 0.1) is 18.3 Å². The fraction of sp³-hybridized carbons (Fsp3) is 0.222. The van der Waals surface area contributed by atoms with E-state index in [-0.39, 0.29) is 19.1 Å². The molecule has 1 N–H and O–H groups in total. The molecular weight excluding hydrogens is 276 g/mol. The third-order valence-electron chi connectivity index (χ3n) is 3.46. The fourth-order valence-electron chi connectivity index (χ4n) is 2.32. The molecule has 0 unspecified atom stereocenters. The molecule has 0 aliphatic carbocycles. The number of nitrogens with zero attached hydrogens (tertiary/aromatic N) is 2. The van der Waals surface area contributed by atoms with E-state index in [1.54, 1.807) is 23.1 Å². The van der Waals surface area contributed by atoms with E-state index in [4.69, 9.17) is 5.26 Å². The van der Waals surface area contributed by atoms with Crippen molar-refractivity contribution in [1.29, 1.82) is 5.26 Å². The van der Waals surface area contributed by atoms with Gasteiger partial charge in [-0.15, -0.1) is 0 Å². The van der Waals surface area contributed by atoms with Gasteiger partial charge in [0.15, 0.2) is 0 Å². The molecule has 1 amide bonds. The van der Waals surface area contributed by atoms with Gasteiger partial charge >= 0.3 is 0 Å². The second-order valence-corrected chi connectivity index (χ2v) is 5.08. The van der Waals surface area contributed by atoms with Gasteiger partial charge in [-0.3, -0.25) is 4.79 Å². The van der Waals surface area contributed by atoms with Crippen LogP contribution in [0.3, 0.4) is 0 Å². The predicted octanol–water partition coefficient (Wildman–Crippen LogP) is 2.50. The number of nitriles is 1. The third kappa shape index (κ3) is 3.72. The van der Waals surface area contributed by atoms with Crippen molar-refractivity contribution in [3.05, 3.63) is 70.8 Å². The number of amides is 1. The zero-order valence-electron chi connectivity index (χ0n) is 12.5. The van der Waals surface area contributed by atoms with Crippen molar-refractivity contribution in [2.45, 2.75) is 13.5 Å². The third-order valence-corrected chi connectivity index (χ3v) is 3.46. The summed E-state index contributed by atoms with van der Waals surface area (Å²) in [4.78, 5) is 14.3. The molecular formula is C18H18N2O2. The first kappa shape index (κ1) is 15.7. The summed E-state index contributed by atoms with van der Waals surface area (Å²) < 4.78 is 0. The summed E-state index contributed by atoms with van der Waals surface area (Å²) in [6.45, 7) is 2.44. The number of hydrogen-bond donors (Lipinski definition) is 1. The van der Waals surface area contributed by atoms with E-state index in [0.29, 0.717) is 17.7 Å². The fourth-order valence-corrected chi connectivity index (χ4v) is 2.32. The summed E-state index contributed by atoms with van der Waals surface area (Å²) in [6, 6.07) is 16.7. The normalized spacial score (nSPS) is 10.0. The van der Waals surface area contributed by atoms with Crippen LogP contribution in [0.4, 0.5) is 0 Å². The molecule has 0 bridgehead atoms. The standard InChI is InChI=1S/C18H18N2O2/c1-14-11-16(12-19)7-8-17(14)18(22)20(9-10-21)13-15-5-3-2-4-6-15/h2-8,11,21H,9-10,13H2,1H3. The lowest BCUT2D eigenvalue weighted by atomic mass is 10.0. The highest BCUT2D eigenvalue weighted by Crippen LogP contribution is 2.15. The quantitative estimate of drug-likeness (QED) is 0.921. The summed E-state index contributed by atoms with van der Waals surface area (Å²) in [7, 11) is 0. The zero-order valence-corrected chi connectivity index (χ0v) is 12.5. The van der Waals surface area contributed by atoms with Gasteiger partial charge in [-0.1, -0.05) is 30.3 Å². The molecule has 0 radical (unpaired) electrons. The Bertz CT molecular complexity index is 690. The number of rotatable bonds is 5. The Hall–Kier alpha value is -2.64. The largest absolute Gasteiger partial charge is 0.395 e. The Morgan fingerprint density at radius 2 is 1.95 bits per heavy atom. The Balaban J connectivity index is 2.25. The molecule has 2 aromatic carbocycles. The van der Waals surface area contributed by atoms with Crippen molar-refractivity contribution < 1.29 is 9.90 Å². The van der Waals surface area contributed by atoms with E-state index in [2.05, 4.69) is 6.07 Å². The maximum atomic E-state index is 12.7. The molecule has 4 nitrogen and oxygen atoms in total. The first-order chi connectivity index (χ1) is 10.7. The van der Waals surface area contributed by atoms with Crippen LogP contribution in [0.5, 0.6) is 0 Å². The lowest BCUT2D eigenvalue weighted by Crippen LogP contribution is -2.33. The highest BCUT2D eigenvalue weighted by molar-refractivity contribution is 5.95. The molecule has 2 aromatic rings. The smallest absolute Gasteiger partial charge is 0.254 e. The van der Waals surface area contributed by atoms with E-state index in [1.165, 1.54) is 0 Å². The van der Waals surface area contributed by atoms with E-state index >= 15 is 0 Å². The van der Waals surface area contributed by atoms with Crippen molar-refractivity contribution in [2.24, 2.45) is 0 Å². The molecule has 0 aliphatic heterocycles. The molecule has 0 saturated carbocycles. The van der Waals surface area contributed by atoms with Gasteiger partial charge in [-0.05, 0) is 36.2 Å². The van der Waals surface area contributed by atoms with Gasteiger partial charge in [0.2, 0.25) is 0 Å². The average Bonchev–Trinajstić information content (AvgIpc) is 2.54. The molecule has 0 fully saturated rings. The number of benzene rings is 2.